The molecule has 2 aromatic carbocycles. The van der Waals surface area contributed by atoms with Gasteiger partial charge in [-0.3, -0.25) is 9.36 Å². The van der Waals surface area contributed by atoms with Gasteiger partial charge in [-0.2, -0.15) is 0 Å². The predicted molar refractivity (Wildman–Crippen MR) is 97.9 cm³/mol. The molecule has 0 spiro atoms. The lowest BCUT2D eigenvalue weighted by molar-refractivity contribution is -0.117. The van der Waals surface area contributed by atoms with Crippen LogP contribution >= 0.6 is 11.8 Å². The average Bonchev–Trinajstić information content (AvgIpc) is 3.40. The highest BCUT2D eigenvalue weighted by atomic mass is 32.2. The Morgan fingerprint density at radius 2 is 1.81 bits per heavy atom. The van der Waals surface area contributed by atoms with Crippen molar-refractivity contribution in [3.8, 4) is 11.4 Å². The molecule has 1 unspecified atom stereocenters. The Balaban J connectivity index is 1.73. The molecule has 3 aromatic rings. The van der Waals surface area contributed by atoms with Gasteiger partial charge in [-0.25, -0.2) is 4.39 Å². The van der Waals surface area contributed by atoms with Gasteiger partial charge in [0.1, 0.15) is 11.1 Å². The molecule has 4 rings (SSSR count). The van der Waals surface area contributed by atoms with E-state index in [0.29, 0.717) is 16.5 Å². The van der Waals surface area contributed by atoms with Gasteiger partial charge >= 0.3 is 0 Å². The van der Waals surface area contributed by atoms with Crippen LogP contribution in [0.1, 0.15) is 29.7 Å². The van der Waals surface area contributed by atoms with Gasteiger partial charge in [0, 0.05) is 6.04 Å². The smallest absolute Gasteiger partial charge is 0.235 e. The van der Waals surface area contributed by atoms with Gasteiger partial charge in [0.15, 0.2) is 11.0 Å². The molecule has 1 heterocycles. The molecule has 1 aliphatic carbocycles. The van der Waals surface area contributed by atoms with Crippen LogP contribution in [-0.4, -0.2) is 20.7 Å². The van der Waals surface area contributed by atoms with Crippen LogP contribution in [0.15, 0.2) is 59.8 Å². The van der Waals surface area contributed by atoms with Crippen molar-refractivity contribution in [3.05, 3.63) is 66.0 Å². The molecule has 1 atom stereocenters. The number of benzene rings is 2. The zero-order valence-corrected chi connectivity index (χ0v) is 14.7. The molecule has 1 fully saturated rings. The summed E-state index contributed by atoms with van der Waals surface area (Å²) >= 11 is 1.26. The minimum Gasteiger partial charge on any atom is -0.368 e. The van der Waals surface area contributed by atoms with Crippen molar-refractivity contribution >= 4 is 17.7 Å². The Kier molecular flexibility index (Phi) is 4.46. The molecule has 1 aromatic heterocycles. The fraction of sp³-hybridized carbons (Fsp3) is 0.211. The normalized spacial score (nSPS) is 15.0. The number of aromatic nitrogens is 3. The van der Waals surface area contributed by atoms with Crippen LogP contribution in [0.4, 0.5) is 4.39 Å². The van der Waals surface area contributed by atoms with Gasteiger partial charge in [0.05, 0.1) is 5.56 Å². The zero-order valence-electron chi connectivity index (χ0n) is 13.9. The van der Waals surface area contributed by atoms with E-state index in [1.165, 1.54) is 17.8 Å². The average molecular weight is 368 g/mol. The first kappa shape index (κ1) is 16.8. The molecule has 2 N–H and O–H groups in total. The second-order valence-electron chi connectivity index (χ2n) is 6.20. The lowest BCUT2D eigenvalue weighted by Gasteiger charge is -2.14. The first-order valence-corrected chi connectivity index (χ1v) is 9.24. The highest BCUT2D eigenvalue weighted by Crippen LogP contribution is 2.44. The number of rotatable bonds is 6. The van der Waals surface area contributed by atoms with Gasteiger partial charge in [-0.05, 0) is 30.5 Å². The number of hydrogen-bond acceptors (Lipinski definition) is 4. The van der Waals surface area contributed by atoms with Crippen LogP contribution < -0.4 is 5.73 Å². The summed E-state index contributed by atoms with van der Waals surface area (Å²) in [6, 6.07) is 16.1. The van der Waals surface area contributed by atoms with Gasteiger partial charge in [0.2, 0.25) is 5.91 Å². The third-order valence-electron chi connectivity index (χ3n) is 4.28. The third-order valence-corrected chi connectivity index (χ3v) is 5.50. The molecule has 1 saturated carbocycles. The van der Waals surface area contributed by atoms with E-state index in [0.717, 1.165) is 18.4 Å². The summed E-state index contributed by atoms with van der Waals surface area (Å²) in [5, 5.41) is 8.46. The van der Waals surface area contributed by atoms with Crippen LogP contribution in [0.3, 0.4) is 0 Å². The molecule has 1 amide bonds. The second-order valence-corrected chi connectivity index (χ2v) is 7.27. The largest absolute Gasteiger partial charge is 0.368 e. The zero-order chi connectivity index (χ0) is 18.1. The summed E-state index contributed by atoms with van der Waals surface area (Å²) in [4.78, 5) is 12.0. The molecule has 7 heteroatoms. The number of halogens is 1. The number of nitrogens with two attached hydrogens (primary N) is 1. The maximum Gasteiger partial charge on any atom is 0.235 e. The van der Waals surface area contributed by atoms with E-state index in [1.54, 1.807) is 18.2 Å². The van der Waals surface area contributed by atoms with Gasteiger partial charge < -0.3 is 5.73 Å². The van der Waals surface area contributed by atoms with E-state index in [2.05, 4.69) is 10.2 Å². The number of amides is 1. The van der Waals surface area contributed by atoms with Crippen molar-refractivity contribution in [1.82, 2.24) is 14.8 Å². The van der Waals surface area contributed by atoms with E-state index in [4.69, 9.17) is 5.73 Å². The lowest BCUT2D eigenvalue weighted by Crippen LogP contribution is -2.19. The first-order chi connectivity index (χ1) is 12.6. The molecule has 0 saturated heterocycles. The van der Waals surface area contributed by atoms with Crippen molar-refractivity contribution in [1.29, 1.82) is 0 Å². The Bertz CT molecular complexity index is 940. The van der Waals surface area contributed by atoms with Crippen LogP contribution in [0.25, 0.3) is 11.4 Å². The third kappa shape index (κ3) is 3.22. The molecule has 0 aliphatic heterocycles. The van der Waals surface area contributed by atoms with Crippen molar-refractivity contribution in [2.45, 2.75) is 29.3 Å². The summed E-state index contributed by atoms with van der Waals surface area (Å²) < 4.78 is 16.2. The molecule has 0 radical (unpaired) electrons. The molecule has 0 bridgehead atoms. The fourth-order valence-corrected chi connectivity index (χ4v) is 3.93. The van der Waals surface area contributed by atoms with Crippen LogP contribution in [0, 0.1) is 5.82 Å². The van der Waals surface area contributed by atoms with Crippen molar-refractivity contribution in [2.24, 2.45) is 5.73 Å². The number of nitrogens with zero attached hydrogens (tertiary/aromatic N) is 3. The molecular weight excluding hydrogens is 351 g/mol. The predicted octanol–water partition coefficient (Wildman–Crippen LogP) is 3.74. The lowest BCUT2D eigenvalue weighted by atomic mass is 10.1. The first-order valence-electron chi connectivity index (χ1n) is 8.36. The Morgan fingerprint density at radius 3 is 2.46 bits per heavy atom. The van der Waals surface area contributed by atoms with Crippen LogP contribution in [0.5, 0.6) is 0 Å². The van der Waals surface area contributed by atoms with Gasteiger partial charge in [-0.15, -0.1) is 10.2 Å². The molecular formula is C19H17FN4OS. The van der Waals surface area contributed by atoms with Crippen molar-refractivity contribution in [3.63, 3.8) is 0 Å². The highest BCUT2D eigenvalue weighted by molar-refractivity contribution is 8.00. The van der Waals surface area contributed by atoms with Crippen molar-refractivity contribution in [2.75, 3.05) is 0 Å². The minimum absolute atomic E-state index is 0.228. The molecule has 5 nitrogen and oxygen atoms in total. The van der Waals surface area contributed by atoms with Crippen LogP contribution in [-0.2, 0) is 4.79 Å². The summed E-state index contributed by atoms with van der Waals surface area (Å²) in [7, 11) is 0. The minimum atomic E-state index is -0.577. The summed E-state index contributed by atoms with van der Waals surface area (Å²) in [6.45, 7) is 0. The Hall–Kier alpha value is -2.67. The number of hydrogen-bond donors (Lipinski definition) is 1. The Labute approximate surface area is 154 Å². The summed E-state index contributed by atoms with van der Waals surface area (Å²) in [5.41, 5.74) is 6.84. The van der Waals surface area contributed by atoms with Crippen molar-refractivity contribution < 1.29 is 9.18 Å². The summed E-state index contributed by atoms with van der Waals surface area (Å²) in [5.74, 6) is -0.295. The van der Waals surface area contributed by atoms with Gasteiger partial charge in [0.25, 0.3) is 0 Å². The topological polar surface area (TPSA) is 73.8 Å². The fourth-order valence-electron chi connectivity index (χ4n) is 2.87. The SMILES string of the molecule is NC(=O)C(Sc1nnc(-c2ccccc2F)n1C1CC1)c1ccccc1. The summed E-state index contributed by atoms with van der Waals surface area (Å²) in [6.07, 6.45) is 1.97. The quantitative estimate of drug-likeness (QED) is 0.673. The second kappa shape index (κ2) is 6.92. The van der Waals surface area contributed by atoms with E-state index in [9.17, 15) is 9.18 Å². The van der Waals surface area contributed by atoms with E-state index in [1.807, 2.05) is 34.9 Å². The standard InChI is InChI=1S/C19H17FN4OS/c20-15-9-5-4-8-14(15)18-22-23-19(24(18)13-10-11-13)26-16(17(21)25)12-6-2-1-3-7-12/h1-9,13,16H,10-11H2,(H2,21,25). The molecule has 132 valence electrons. The van der Waals surface area contributed by atoms with E-state index >= 15 is 0 Å². The number of carbonyl (C=O) groups is 1. The van der Waals surface area contributed by atoms with E-state index < -0.39 is 11.2 Å². The van der Waals surface area contributed by atoms with Gasteiger partial charge in [-0.1, -0.05) is 54.2 Å². The maximum atomic E-state index is 14.2. The Morgan fingerprint density at radius 1 is 1.12 bits per heavy atom. The van der Waals surface area contributed by atoms with Crippen LogP contribution in [0.2, 0.25) is 0 Å². The maximum absolute atomic E-state index is 14.2. The van der Waals surface area contributed by atoms with E-state index in [-0.39, 0.29) is 11.9 Å². The molecule has 26 heavy (non-hydrogen) atoms. The monoisotopic (exact) mass is 368 g/mol. The number of carbonyl (C=O) groups excluding carboxylic acids is 1. The molecule has 1 aliphatic rings. The highest BCUT2D eigenvalue weighted by Gasteiger charge is 2.33. The number of primary amides is 1. The number of thioether (sulfide) groups is 1.